The van der Waals surface area contributed by atoms with Gasteiger partial charge in [-0.15, -0.1) is 0 Å². The van der Waals surface area contributed by atoms with Crippen LogP contribution in [0.25, 0.3) is 10.9 Å². The molecule has 3 heteroatoms. The summed E-state index contributed by atoms with van der Waals surface area (Å²) < 4.78 is 0. The lowest BCUT2D eigenvalue weighted by atomic mass is 10.2. The number of hydrogen-bond acceptors (Lipinski definition) is 3. The fourth-order valence-corrected chi connectivity index (χ4v) is 1.54. The van der Waals surface area contributed by atoms with Crippen LogP contribution in [0.2, 0.25) is 0 Å². The highest BCUT2D eigenvalue weighted by atomic mass is 15.3. The van der Waals surface area contributed by atoms with Gasteiger partial charge in [0, 0.05) is 18.5 Å². The molecular weight excluding hydrogens is 162 g/mol. The minimum atomic E-state index is 0.979. The zero-order valence-electron chi connectivity index (χ0n) is 7.14. The van der Waals surface area contributed by atoms with E-state index in [0.717, 1.165) is 18.6 Å². The first-order valence-electron chi connectivity index (χ1n) is 4.40. The minimum absolute atomic E-state index is 0.979. The van der Waals surface area contributed by atoms with Gasteiger partial charge in [-0.3, -0.25) is 0 Å². The molecule has 13 heavy (non-hydrogen) atoms. The first-order chi connectivity index (χ1) is 6.45. The van der Waals surface area contributed by atoms with Crippen LogP contribution in [-0.4, -0.2) is 23.3 Å². The first-order valence-corrected chi connectivity index (χ1v) is 4.40. The molecule has 0 N–H and O–H groups in total. The quantitative estimate of drug-likeness (QED) is 0.608. The molecule has 0 atom stereocenters. The summed E-state index contributed by atoms with van der Waals surface area (Å²) in [6.07, 6.45) is 1.84. The Kier molecular flexibility index (Phi) is 1.27. The fraction of sp³-hybridized carbons (Fsp3) is 0.200. The van der Waals surface area contributed by atoms with Crippen LogP contribution < -0.4 is 4.90 Å². The summed E-state index contributed by atoms with van der Waals surface area (Å²) in [7, 11) is 0. The molecule has 1 aliphatic heterocycles. The molecule has 1 fully saturated rings. The predicted octanol–water partition coefficient (Wildman–Crippen LogP) is 1.45. The molecular formula is C10H9N3. The third-order valence-electron chi connectivity index (χ3n) is 2.31. The number of benzene rings is 1. The number of hydrogen-bond donors (Lipinski definition) is 0. The molecule has 1 aliphatic rings. The molecule has 2 heterocycles. The Morgan fingerprint density at radius 3 is 2.85 bits per heavy atom. The van der Waals surface area contributed by atoms with E-state index in [1.165, 1.54) is 11.1 Å². The van der Waals surface area contributed by atoms with Gasteiger partial charge in [-0.2, -0.15) is 10.2 Å². The van der Waals surface area contributed by atoms with E-state index in [1.54, 1.807) is 0 Å². The fourth-order valence-electron chi connectivity index (χ4n) is 1.54. The first kappa shape index (κ1) is 6.83. The monoisotopic (exact) mass is 171 g/mol. The van der Waals surface area contributed by atoms with Gasteiger partial charge in [0.1, 0.15) is 0 Å². The summed E-state index contributed by atoms with van der Waals surface area (Å²) in [4.78, 5) is 2.29. The average molecular weight is 171 g/mol. The predicted molar refractivity (Wildman–Crippen MR) is 51.8 cm³/mol. The smallest absolute Gasteiger partial charge is 0.0950 e. The number of rotatable bonds is 1. The molecule has 0 saturated carbocycles. The van der Waals surface area contributed by atoms with E-state index < -0.39 is 0 Å². The van der Waals surface area contributed by atoms with E-state index in [4.69, 9.17) is 0 Å². The van der Waals surface area contributed by atoms with Gasteiger partial charge in [0.25, 0.3) is 0 Å². The van der Waals surface area contributed by atoms with Crippen molar-refractivity contribution < 1.29 is 0 Å². The van der Waals surface area contributed by atoms with Crippen LogP contribution in [-0.2, 0) is 0 Å². The topological polar surface area (TPSA) is 28.8 Å². The molecule has 1 aromatic heterocycles. The van der Waals surface area contributed by atoms with Crippen LogP contribution >= 0.6 is 0 Å². The molecule has 2 aromatic rings. The Bertz CT molecular complexity index is 443. The van der Waals surface area contributed by atoms with Gasteiger partial charge in [-0.05, 0) is 6.07 Å². The number of fused-ring (bicyclic) bond motifs is 1. The van der Waals surface area contributed by atoms with Crippen LogP contribution in [0.5, 0.6) is 0 Å². The van der Waals surface area contributed by atoms with Crippen LogP contribution in [0, 0.1) is 0 Å². The maximum Gasteiger partial charge on any atom is 0.0950 e. The summed E-state index contributed by atoms with van der Waals surface area (Å²) in [5.74, 6) is 0. The van der Waals surface area contributed by atoms with E-state index in [2.05, 4.69) is 21.2 Å². The van der Waals surface area contributed by atoms with E-state index >= 15 is 0 Å². The summed E-state index contributed by atoms with van der Waals surface area (Å²) in [5, 5.41) is 9.26. The van der Waals surface area contributed by atoms with Gasteiger partial charge in [-0.1, -0.05) is 18.2 Å². The van der Waals surface area contributed by atoms with Crippen molar-refractivity contribution in [2.45, 2.75) is 0 Å². The molecule has 1 saturated heterocycles. The highest BCUT2D eigenvalue weighted by Crippen LogP contribution is 2.27. The van der Waals surface area contributed by atoms with Crippen molar-refractivity contribution >= 4 is 16.6 Å². The number of anilines is 1. The molecule has 1 aromatic carbocycles. The van der Waals surface area contributed by atoms with Crippen LogP contribution in [0.3, 0.4) is 0 Å². The lowest BCUT2D eigenvalue weighted by molar-refractivity contribution is 1.07. The summed E-state index contributed by atoms with van der Waals surface area (Å²) in [6.45, 7) is 2.30. The SMILES string of the molecule is c1ccc2c(N3CC3)cnnc2c1. The van der Waals surface area contributed by atoms with Gasteiger partial charge < -0.3 is 4.90 Å². The van der Waals surface area contributed by atoms with Crippen LogP contribution in [0.4, 0.5) is 5.69 Å². The van der Waals surface area contributed by atoms with Gasteiger partial charge in [0.05, 0.1) is 17.4 Å². The number of nitrogens with zero attached hydrogens (tertiary/aromatic N) is 3. The van der Waals surface area contributed by atoms with E-state index in [9.17, 15) is 0 Å². The molecule has 0 amide bonds. The largest absolute Gasteiger partial charge is 0.366 e. The average Bonchev–Trinajstić information content (AvgIpc) is 3.00. The van der Waals surface area contributed by atoms with Crippen molar-refractivity contribution in [2.75, 3.05) is 18.0 Å². The zero-order chi connectivity index (χ0) is 8.67. The summed E-state index contributed by atoms with van der Waals surface area (Å²) >= 11 is 0. The van der Waals surface area contributed by atoms with Gasteiger partial charge in [0.15, 0.2) is 0 Å². The second-order valence-corrected chi connectivity index (χ2v) is 3.23. The molecule has 3 nitrogen and oxygen atoms in total. The van der Waals surface area contributed by atoms with Crippen molar-refractivity contribution in [2.24, 2.45) is 0 Å². The Hall–Kier alpha value is -1.64. The molecule has 0 spiro atoms. The minimum Gasteiger partial charge on any atom is -0.366 e. The summed E-state index contributed by atoms with van der Waals surface area (Å²) in [5.41, 5.74) is 2.19. The molecule has 0 aliphatic carbocycles. The molecule has 0 bridgehead atoms. The van der Waals surface area contributed by atoms with Gasteiger partial charge >= 0.3 is 0 Å². The molecule has 0 unspecified atom stereocenters. The Morgan fingerprint density at radius 2 is 2.00 bits per heavy atom. The second kappa shape index (κ2) is 2.42. The second-order valence-electron chi connectivity index (χ2n) is 3.23. The zero-order valence-corrected chi connectivity index (χ0v) is 7.14. The standard InChI is InChI=1S/C10H9N3/c1-2-4-9-8(3-1)10(7-11-12-9)13-5-6-13/h1-4,7H,5-6H2. The Balaban J connectivity index is 2.32. The Morgan fingerprint density at radius 1 is 1.15 bits per heavy atom. The van der Waals surface area contributed by atoms with Crippen molar-refractivity contribution in [1.82, 2.24) is 10.2 Å². The highest BCUT2D eigenvalue weighted by Gasteiger charge is 2.20. The molecule has 3 rings (SSSR count). The maximum absolute atomic E-state index is 4.08. The van der Waals surface area contributed by atoms with Crippen LogP contribution in [0.15, 0.2) is 30.5 Å². The normalized spacial score (nSPS) is 14.9. The molecule has 0 radical (unpaired) electrons. The van der Waals surface area contributed by atoms with Crippen molar-refractivity contribution in [3.8, 4) is 0 Å². The van der Waals surface area contributed by atoms with Crippen molar-refractivity contribution in [1.29, 1.82) is 0 Å². The lowest BCUT2D eigenvalue weighted by Crippen LogP contribution is -1.94. The number of aromatic nitrogens is 2. The third kappa shape index (κ3) is 1.04. The highest BCUT2D eigenvalue weighted by molar-refractivity contribution is 5.91. The van der Waals surface area contributed by atoms with Crippen molar-refractivity contribution in [3.63, 3.8) is 0 Å². The van der Waals surface area contributed by atoms with E-state index in [0.29, 0.717) is 0 Å². The van der Waals surface area contributed by atoms with E-state index in [1.807, 2.05) is 24.4 Å². The van der Waals surface area contributed by atoms with Gasteiger partial charge in [-0.25, -0.2) is 0 Å². The van der Waals surface area contributed by atoms with Crippen LogP contribution in [0.1, 0.15) is 0 Å². The lowest BCUT2D eigenvalue weighted by Gasteiger charge is -2.04. The van der Waals surface area contributed by atoms with E-state index in [-0.39, 0.29) is 0 Å². The summed E-state index contributed by atoms with van der Waals surface area (Å²) in [6, 6.07) is 8.12. The molecule has 64 valence electrons. The third-order valence-corrected chi connectivity index (χ3v) is 2.31. The maximum atomic E-state index is 4.08. The van der Waals surface area contributed by atoms with Crippen molar-refractivity contribution in [3.05, 3.63) is 30.5 Å². The Labute approximate surface area is 76.0 Å². The van der Waals surface area contributed by atoms with Gasteiger partial charge in [0.2, 0.25) is 0 Å².